The molecule has 1 saturated carbocycles. The molecular formula is C23H32N4O2. The molecule has 0 bridgehead atoms. The van der Waals surface area contributed by atoms with Crippen LogP contribution in [0.2, 0.25) is 0 Å². The zero-order chi connectivity index (χ0) is 19.8. The monoisotopic (exact) mass is 396 g/mol. The van der Waals surface area contributed by atoms with E-state index in [1.54, 1.807) is 0 Å². The van der Waals surface area contributed by atoms with Gasteiger partial charge in [-0.2, -0.15) is 0 Å². The van der Waals surface area contributed by atoms with Gasteiger partial charge in [-0.05, 0) is 37.8 Å². The maximum Gasteiger partial charge on any atom is 0.225 e. The molecule has 1 N–H and O–H groups in total. The fourth-order valence-corrected chi connectivity index (χ4v) is 5.64. The van der Waals surface area contributed by atoms with Crippen molar-refractivity contribution in [1.29, 1.82) is 0 Å². The lowest BCUT2D eigenvalue weighted by molar-refractivity contribution is -0.150. The summed E-state index contributed by atoms with van der Waals surface area (Å²) in [5.41, 5.74) is 1.62. The standard InChI is InChI=1S/C23H32N4O2/c28-22(18-5-1-2-6-18)26-12-10-23(29)9-11-25(15-19(23)16-26)13-14-27-17-24-20-7-3-4-8-21(20)27/h3-4,7-8,17-19,29H,1-2,5-6,9-16H2/t19-,23-/m1/s1. The predicted molar refractivity (Wildman–Crippen MR) is 112 cm³/mol. The first-order valence-electron chi connectivity index (χ1n) is 11.3. The van der Waals surface area contributed by atoms with Crippen LogP contribution in [-0.2, 0) is 11.3 Å². The third kappa shape index (κ3) is 3.68. The molecule has 6 heteroatoms. The Morgan fingerprint density at radius 1 is 1.10 bits per heavy atom. The minimum absolute atomic E-state index is 0.162. The van der Waals surface area contributed by atoms with Crippen LogP contribution in [0.15, 0.2) is 30.6 Å². The molecule has 3 aliphatic rings. The molecular weight excluding hydrogens is 364 g/mol. The van der Waals surface area contributed by atoms with Crippen LogP contribution in [0.5, 0.6) is 0 Å². The molecule has 156 valence electrons. The summed E-state index contributed by atoms with van der Waals surface area (Å²) in [5.74, 6) is 0.733. The molecule has 3 heterocycles. The molecule has 1 amide bonds. The van der Waals surface area contributed by atoms with E-state index in [9.17, 15) is 9.90 Å². The Hall–Kier alpha value is -1.92. The lowest BCUT2D eigenvalue weighted by Gasteiger charge is -2.50. The normalized spacial score (nSPS) is 28.7. The molecule has 1 aromatic carbocycles. The van der Waals surface area contributed by atoms with Gasteiger partial charge < -0.3 is 19.5 Å². The number of carbonyl (C=O) groups is 1. The number of carbonyl (C=O) groups excluding carboxylic acids is 1. The summed E-state index contributed by atoms with van der Waals surface area (Å²) in [6.45, 7) is 5.09. The van der Waals surface area contributed by atoms with Gasteiger partial charge in [0.05, 0.1) is 23.0 Å². The van der Waals surface area contributed by atoms with Gasteiger partial charge in [-0.1, -0.05) is 25.0 Å². The smallest absolute Gasteiger partial charge is 0.225 e. The number of benzene rings is 1. The number of amides is 1. The number of likely N-dealkylation sites (tertiary alicyclic amines) is 2. The van der Waals surface area contributed by atoms with Gasteiger partial charge in [-0.3, -0.25) is 4.79 Å². The summed E-state index contributed by atoms with van der Waals surface area (Å²) < 4.78 is 2.22. The maximum atomic E-state index is 12.9. The maximum absolute atomic E-state index is 12.9. The molecule has 0 spiro atoms. The van der Waals surface area contributed by atoms with Gasteiger partial charge in [0.2, 0.25) is 5.91 Å². The first-order chi connectivity index (χ1) is 14.1. The number of hydrogen-bond acceptors (Lipinski definition) is 4. The highest BCUT2D eigenvalue weighted by Gasteiger charge is 2.46. The Bertz CT molecular complexity index is 875. The highest BCUT2D eigenvalue weighted by molar-refractivity contribution is 5.79. The highest BCUT2D eigenvalue weighted by Crippen LogP contribution is 2.37. The predicted octanol–water partition coefficient (Wildman–Crippen LogP) is 2.51. The van der Waals surface area contributed by atoms with Crippen molar-refractivity contribution in [2.24, 2.45) is 11.8 Å². The van der Waals surface area contributed by atoms with E-state index in [1.807, 2.05) is 18.5 Å². The molecule has 1 aliphatic carbocycles. The van der Waals surface area contributed by atoms with Gasteiger partial charge >= 0.3 is 0 Å². The molecule has 29 heavy (non-hydrogen) atoms. The van der Waals surface area contributed by atoms with Crippen LogP contribution in [0.3, 0.4) is 0 Å². The second kappa shape index (κ2) is 7.73. The van der Waals surface area contributed by atoms with Crippen molar-refractivity contribution >= 4 is 16.9 Å². The van der Waals surface area contributed by atoms with Crippen molar-refractivity contribution in [3.63, 3.8) is 0 Å². The molecule has 2 atom stereocenters. The minimum Gasteiger partial charge on any atom is -0.389 e. The van der Waals surface area contributed by atoms with E-state index in [2.05, 4.69) is 31.5 Å². The van der Waals surface area contributed by atoms with E-state index >= 15 is 0 Å². The molecule has 0 unspecified atom stereocenters. The molecule has 5 rings (SSSR count). The average Bonchev–Trinajstić information content (AvgIpc) is 3.41. The van der Waals surface area contributed by atoms with Gasteiger partial charge in [0.25, 0.3) is 0 Å². The fourth-order valence-electron chi connectivity index (χ4n) is 5.64. The largest absolute Gasteiger partial charge is 0.389 e. The third-order valence-electron chi connectivity index (χ3n) is 7.56. The molecule has 6 nitrogen and oxygen atoms in total. The van der Waals surface area contributed by atoms with E-state index in [0.29, 0.717) is 5.91 Å². The number of aliphatic hydroxyl groups is 1. The number of imidazole rings is 1. The van der Waals surface area contributed by atoms with Crippen LogP contribution in [-0.4, -0.2) is 68.7 Å². The van der Waals surface area contributed by atoms with Crippen LogP contribution in [0.4, 0.5) is 0 Å². The number of piperidine rings is 2. The van der Waals surface area contributed by atoms with E-state index in [-0.39, 0.29) is 11.8 Å². The lowest BCUT2D eigenvalue weighted by atomic mass is 9.75. The molecule has 2 saturated heterocycles. The number of para-hydroxylation sites is 2. The Balaban J connectivity index is 1.21. The number of fused-ring (bicyclic) bond motifs is 2. The summed E-state index contributed by atoms with van der Waals surface area (Å²) in [5, 5.41) is 11.2. The second-order valence-corrected chi connectivity index (χ2v) is 9.29. The zero-order valence-corrected chi connectivity index (χ0v) is 17.2. The lowest BCUT2D eigenvalue weighted by Crippen LogP contribution is -2.61. The van der Waals surface area contributed by atoms with E-state index in [1.165, 1.54) is 18.4 Å². The quantitative estimate of drug-likeness (QED) is 0.863. The van der Waals surface area contributed by atoms with Crippen molar-refractivity contribution in [1.82, 2.24) is 19.4 Å². The molecule has 3 fully saturated rings. The van der Waals surface area contributed by atoms with Gasteiger partial charge in [0.1, 0.15) is 0 Å². The van der Waals surface area contributed by atoms with Crippen molar-refractivity contribution in [2.45, 2.75) is 50.7 Å². The van der Waals surface area contributed by atoms with Crippen molar-refractivity contribution < 1.29 is 9.90 Å². The Morgan fingerprint density at radius 2 is 1.90 bits per heavy atom. The number of nitrogens with zero attached hydrogens (tertiary/aromatic N) is 4. The first kappa shape index (κ1) is 19.1. The fraction of sp³-hybridized carbons (Fsp3) is 0.652. The van der Waals surface area contributed by atoms with Gasteiger partial charge in [-0.25, -0.2) is 4.98 Å². The Morgan fingerprint density at radius 3 is 2.76 bits per heavy atom. The average molecular weight is 397 g/mol. The highest BCUT2D eigenvalue weighted by atomic mass is 16.3. The van der Waals surface area contributed by atoms with Gasteiger partial charge in [0, 0.05) is 51.1 Å². The number of rotatable bonds is 4. The number of hydrogen-bond donors (Lipinski definition) is 1. The van der Waals surface area contributed by atoms with E-state index < -0.39 is 5.60 Å². The summed E-state index contributed by atoms with van der Waals surface area (Å²) in [6.07, 6.45) is 7.95. The first-order valence-corrected chi connectivity index (χ1v) is 11.3. The minimum atomic E-state index is -0.593. The zero-order valence-electron chi connectivity index (χ0n) is 17.2. The number of aromatic nitrogens is 2. The SMILES string of the molecule is O=C(C1CCCC1)N1CC[C@]2(O)CCN(CCn3cnc4ccccc43)C[C@@H]2C1. The van der Waals surface area contributed by atoms with Crippen LogP contribution in [0.1, 0.15) is 38.5 Å². The van der Waals surface area contributed by atoms with Gasteiger partial charge in [0.15, 0.2) is 0 Å². The van der Waals surface area contributed by atoms with E-state index in [4.69, 9.17) is 0 Å². The summed E-state index contributed by atoms with van der Waals surface area (Å²) in [4.78, 5) is 21.9. The third-order valence-corrected chi connectivity index (χ3v) is 7.56. The van der Waals surface area contributed by atoms with Crippen molar-refractivity contribution in [3.05, 3.63) is 30.6 Å². The van der Waals surface area contributed by atoms with Crippen molar-refractivity contribution in [2.75, 3.05) is 32.7 Å². The summed E-state index contributed by atoms with van der Waals surface area (Å²) in [6, 6.07) is 8.24. The second-order valence-electron chi connectivity index (χ2n) is 9.29. The van der Waals surface area contributed by atoms with Crippen LogP contribution in [0.25, 0.3) is 11.0 Å². The Labute approximate surface area is 172 Å². The molecule has 1 aromatic heterocycles. The molecule has 2 aliphatic heterocycles. The summed E-state index contributed by atoms with van der Waals surface area (Å²) in [7, 11) is 0. The summed E-state index contributed by atoms with van der Waals surface area (Å²) >= 11 is 0. The molecule has 2 aromatic rings. The van der Waals surface area contributed by atoms with E-state index in [0.717, 1.165) is 70.5 Å². The van der Waals surface area contributed by atoms with Crippen LogP contribution < -0.4 is 0 Å². The Kier molecular flexibility index (Phi) is 5.08. The van der Waals surface area contributed by atoms with Gasteiger partial charge in [-0.15, -0.1) is 0 Å². The van der Waals surface area contributed by atoms with Crippen molar-refractivity contribution in [3.8, 4) is 0 Å². The molecule has 0 radical (unpaired) electrons. The topological polar surface area (TPSA) is 61.6 Å². The van der Waals surface area contributed by atoms with Crippen LogP contribution >= 0.6 is 0 Å². The van der Waals surface area contributed by atoms with Crippen LogP contribution in [0, 0.1) is 11.8 Å².